The number of rotatable bonds is 2. The van der Waals surface area contributed by atoms with Crippen LogP contribution >= 0.6 is 11.0 Å². The van der Waals surface area contributed by atoms with Crippen LogP contribution in [0.1, 0.15) is 0 Å². The van der Waals surface area contributed by atoms with Gasteiger partial charge in [-0.3, -0.25) is 0 Å². The molecule has 0 aromatic rings. The third kappa shape index (κ3) is 4.61. The van der Waals surface area contributed by atoms with Gasteiger partial charge < -0.3 is 0 Å². The van der Waals surface area contributed by atoms with Gasteiger partial charge in [0.2, 0.25) is 0 Å². The summed E-state index contributed by atoms with van der Waals surface area (Å²) in [6.45, 7) is 3.52. The van der Waals surface area contributed by atoms with E-state index in [1.807, 2.05) is 6.08 Å². The second kappa shape index (κ2) is 4.61. The first-order valence-electron chi connectivity index (χ1n) is 1.29. The maximum atomic E-state index is 3.99. The van der Waals surface area contributed by atoms with Crippen molar-refractivity contribution >= 4 is 24.9 Å². The summed E-state index contributed by atoms with van der Waals surface area (Å²) in [4.78, 5) is 0. The van der Waals surface area contributed by atoms with Gasteiger partial charge in [-0.1, -0.05) is 0 Å². The van der Waals surface area contributed by atoms with Crippen molar-refractivity contribution in [1.82, 2.24) is 0 Å². The minimum absolute atomic E-state index is 0.502. The van der Waals surface area contributed by atoms with E-state index >= 15 is 0 Å². The zero-order valence-electron chi connectivity index (χ0n) is 2.85. The van der Waals surface area contributed by atoms with Gasteiger partial charge in [-0.2, -0.15) is 0 Å². The van der Waals surface area contributed by atoms with E-state index in [1.54, 1.807) is 0 Å². The second-order valence-electron chi connectivity index (χ2n) is 0.584. The minimum atomic E-state index is 0.502. The van der Waals surface area contributed by atoms with Crippen molar-refractivity contribution in [1.29, 1.82) is 0 Å². The van der Waals surface area contributed by atoms with Crippen LogP contribution in [0.5, 0.6) is 0 Å². The maximum absolute atomic E-state index is 3.99. The number of hydrogen-bond acceptors (Lipinski definition) is 1. The first-order valence-corrected chi connectivity index (χ1v) is 5.16. The molecule has 0 amide bonds. The van der Waals surface area contributed by atoms with E-state index in [0.29, 0.717) is 13.8 Å². The molecular weight excluding hydrogens is 147 g/mol. The van der Waals surface area contributed by atoms with Gasteiger partial charge in [0.1, 0.15) is 0 Å². The average Bonchev–Trinajstić information content (AvgIpc) is 1.41. The third-order valence-electron chi connectivity index (χ3n) is 0.192. The van der Waals surface area contributed by atoms with Gasteiger partial charge in [-0.15, -0.1) is 0 Å². The van der Waals surface area contributed by atoms with Gasteiger partial charge in [-0.25, -0.2) is 0 Å². The zero-order chi connectivity index (χ0) is 4.12. The van der Waals surface area contributed by atoms with Crippen LogP contribution in [0.4, 0.5) is 0 Å². The molecule has 2 heteroatoms. The van der Waals surface area contributed by atoms with Crippen molar-refractivity contribution in [2.75, 3.05) is 0 Å². The molecule has 0 atom stereocenters. The van der Waals surface area contributed by atoms with Crippen LogP contribution < -0.4 is 0 Å². The van der Waals surface area contributed by atoms with Crippen LogP contribution in [0.25, 0.3) is 0 Å². The van der Waals surface area contributed by atoms with Crippen molar-refractivity contribution < 1.29 is 0 Å². The van der Waals surface area contributed by atoms with Gasteiger partial charge in [0.25, 0.3) is 0 Å². The van der Waals surface area contributed by atoms with Crippen LogP contribution in [-0.4, -0.2) is 13.8 Å². The van der Waals surface area contributed by atoms with Gasteiger partial charge in [0.05, 0.1) is 0 Å². The molecule has 0 spiro atoms. The van der Waals surface area contributed by atoms with Gasteiger partial charge >= 0.3 is 42.9 Å². The molecule has 0 aliphatic carbocycles. The molecule has 0 aliphatic rings. The van der Waals surface area contributed by atoms with Crippen molar-refractivity contribution in [3.8, 4) is 0 Å². The first-order chi connectivity index (χ1) is 2.41. The topological polar surface area (TPSA) is 0 Å². The van der Waals surface area contributed by atoms with Crippen LogP contribution in [0.3, 0.4) is 0 Å². The summed E-state index contributed by atoms with van der Waals surface area (Å²) in [5.41, 5.74) is 0. The number of thiol groups is 1. The van der Waals surface area contributed by atoms with Crippen molar-refractivity contribution in [2.45, 2.75) is 5.32 Å². The standard InChI is InChI=1S/C3H6SSe/c1-2-3-5-4/h2,4H,1,3H2. The van der Waals surface area contributed by atoms with E-state index in [2.05, 4.69) is 17.6 Å². The van der Waals surface area contributed by atoms with E-state index in [-0.39, 0.29) is 0 Å². The van der Waals surface area contributed by atoms with Crippen LogP contribution in [0.15, 0.2) is 12.7 Å². The molecule has 30 valence electrons. The van der Waals surface area contributed by atoms with Crippen LogP contribution in [0, 0.1) is 0 Å². The SMILES string of the molecule is C=CC[Se]S. The van der Waals surface area contributed by atoms with Gasteiger partial charge in [0.15, 0.2) is 0 Å². The summed E-state index contributed by atoms with van der Waals surface area (Å²) in [7, 11) is 0. The monoisotopic (exact) mass is 154 g/mol. The molecule has 0 unspecified atom stereocenters. The van der Waals surface area contributed by atoms with Gasteiger partial charge in [-0.05, 0) is 0 Å². The molecule has 0 fully saturated rings. The van der Waals surface area contributed by atoms with E-state index in [1.165, 1.54) is 0 Å². The molecular formula is C3H6SSe. The van der Waals surface area contributed by atoms with E-state index in [0.717, 1.165) is 5.32 Å². The fourth-order valence-corrected chi connectivity index (χ4v) is 0.822. The quantitative estimate of drug-likeness (QED) is 0.343. The van der Waals surface area contributed by atoms with Crippen LogP contribution in [-0.2, 0) is 0 Å². The second-order valence-corrected chi connectivity index (χ2v) is 3.17. The summed E-state index contributed by atoms with van der Waals surface area (Å²) >= 11 is 4.49. The summed E-state index contributed by atoms with van der Waals surface area (Å²) in [5.74, 6) is 0. The summed E-state index contributed by atoms with van der Waals surface area (Å²) in [6.07, 6.45) is 1.88. The van der Waals surface area contributed by atoms with E-state index < -0.39 is 0 Å². The summed E-state index contributed by atoms with van der Waals surface area (Å²) < 4.78 is 0. The zero-order valence-corrected chi connectivity index (χ0v) is 5.45. The Morgan fingerprint density at radius 3 is 2.60 bits per heavy atom. The fourth-order valence-electron chi connectivity index (χ4n) is 0.0527. The summed E-state index contributed by atoms with van der Waals surface area (Å²) in [5, 5.41) is 1.08. The Morgan fingerprint density at radius 1 is 2.00 bits per heavy atom. The molecule has 0 heterocycles. The third-order valence-corrected chi connectivity index (χ3v) is 1.77. The molecule has 0 nitrogen and oxygen atoms in total. The van der Waals surface area contributed by atoms with Crippen LogP contribution in [0.2, 0.25) is 5.32 Å². The first kappa shape index (κ1) is 5.61. The Kier molecular flexibility index (Phi) is 5.17. The van der Waals surface area contributed by atoms with Crippen molar-refractivity contribution in [3.63, 3.8) is 0 Å². The van der Waals surface area contributed by atoms with E-state index in [4.69, 9.17) is 0 Å². The Bertz CT molecular complexity index is 28.1. The van der Waals surface area contributed by atoms with Crippen molar-refractivity contribution in [3.05, 3.63) is 12.7 Å². The number of allylic oxidation sites excluding steroid dienone is 1. The molecule has 0 saturated carbocycles. The Balaban J connectivity index is 2.40. The summed E-state index contributed by atoms with van der Waals surface area (Å²) in [6, 6.07) is 0. The Morgan fingerprint density at radius 2 is 2.60 bits per heavy atom. The molecule has 0 aromatic carbocycles. The predicted molar refractivity (Wildman–Crippen MR) is 29.7 cm³/mol. The van der Waals surface area contributed by atoms with Gasteiger partial charge in [0, 0.05) is 0 Å². The fraction of sp³-hybridized carbons (Fsp3) is 0.333. The molecule has 0 N–H and O–H groups in total. The molecule has 0 aliphatic heterocycles. The number of hydrogen-bond donors (Lipinski definition) is 1. The predicted octanol–water partition coefficient (Wildman–Crippen LogP) is 1.14. The molecule has 0 radical (unpaired) electrons. The molecule has 0 rings (SSSR count). The molecule has 5 heavy (non-hydrogen) atoms. The normalized spacial score (nSPS) is 7.40. The van der Waals surface area contributed by atoms with Crippen molar-refractivity contribution in [2.24, 2.45) is 0 Å². The molecule has 0 aromatic heterocycles. The molecule has 0 bridgehead atoms. The van der Waals surface area contributed by atoms with E-state index in [9.17, 15) is 0 Å². The Labute approximate surface area is 43.3 Å². The average molecular weight is 153 g/mol. The molecule has 0 saturated heterocycles. The Hall–Kier alpha value is 0.609.